The van der Waals surface area contributed by atoms with Crippen LogP contribution in [-0.2, 0) is 0 Å². The number of nitrogens with zero attached hydrogens (tertiary/aromatic N) is 1. The molecular weight excluding hydrogens is 412 g/mol. The first-order valence-electron chi connectivity index (χ1n) is 12.2. The third kappa shape index (κ3) is 51.3. The Morgan fingerprint density at radius 2 is 0.781 bits per heavy atom. The van der Waals surface area contributed by atoms with Gasteiger partial charge in [0.25, 0.3) is 0 Å². The zero-order valence-electron chi connectivity index (χ0n) is 21.4. The van der Waals surface area contributed by atoms with Crippen molar-refractivity contribution in [3.63, 3.8) is 0 Å². The van der Waals surface area contributed by atoms with E-state index in [0.29, 0.717) is 0 Å². The molecule has 0 aliphatic rings. The van der Waals surface area contributed by atoms with E-state index in [4.69, 9.17) is 30.0 Å². The van der Waals surface area contributed by atoms with E-state index in [9.17, 15) is 0 Å². The second kappa shape index (κ2) is 29.5. The molecule has 0 aromatic carbocycles. The first-order chi connectivity index (χ1) is 14.6. The number of unbranched alkanes of at least 4 members (excludes halogenated alkanes) is 14. The van der Waals surface area contributed by atoms with Crippen LogP contribution in [0.2, 0.25) is 0 Å². The molecule has 0 amide bonds. The van der Waals surface area contributed by atoms with Crippen LogP contribution in [0.1, 0.15) is 117 Å². The molecule has 0 atom stereocenters. The van der Waals surface area contributed by atoms with Crippen LogP contribution in [-0.4, -0.2) is 59.3 Å². The van der Waals surface area contributed by atoms with Gasteiger partial charge in [-0.15, -0.1) is 0 Å². The molecule has 0 aliphatic carbocycles. The van der Waals surface area contributed by atoms with E-state index in [-0.39, 0.29) is 6.15 Å². The number of quaternary nitrogens is 1. The highest BCUT2D eigenvalue weighted by molar-refractivity contribution is 5.53. The quantitative estimate of drug-likeness (QED) is 0.131. The molecule has 6 N–H and O–H groups in total. The van der Waals surface area contributed by atoms with E-state index in [1.165, 1.54) is 120 Å². The Bertz CT molecular complexity index is 351. The van der Waals surface area contributed by atoms with Crippen molar-refractivity contribution in [2.75, 3.05) is 27.2 Å². The lowest BCUT2D eigenvalue weighted by Crippen LogP contribution is -2.41. The van der Waals surface area contributed by atoms with E-state index in [1.807, 2.05) is 0 Å². The molecule has 0 aliphatic heterocycles. The molecule has 0 spiro atoms. The number of carbonyl (C=O) groups is 2. The van der Waals surface area contributed by atoms with Crippen molar-refractivity contribution in [3.05, 3.63) is 0 Å². The zero-order valence-corrected chi connectivity index (χ0v) is 21.4. The Kier molecular flexibility index (Phi) is 34.8. The SMILES string of the molecule is CCCCCCCCCC[N+](C)(C)CCCCCCCCCC.N.O=C(O)O.O=C([O-])O. The van der Waals surface area contributed by atoms with Gasteiger partial charge in [0, 0.05) is 0 Å². The van der Waals surface area contributed by atoms with Crippen molar-refractivity contribution in [3.8, 4) is 0 Å². The fraction of sp³-hybridized carbons (Fsp3) is 0.917. The minimum Gasteiger partial charge on any atom is -0.565 e. The van der Waals surface area contributed by atoms with Crippen molar-refractivity contribution in [2.45, 2.75) is 117 Å². The molecule has 0 aromatic heterocycles. The average Bonchev–Trinajstić information content (AvgIpc) is 2.65. The Morgan fingerprint density at radius 3 is 1.00 bits per heavy atom. The molecular formula is C24H54N2O6. The molecule has 0 heterocycles. The molecule has 0 radical (unpaired) electrons. The third-order valence-electron chi connectivity index (χ3n) is 5.23. The number of carboxylic acid groups (broad SMARTS) is 4. The zero-order chi connectivity index (χ0) is 24.4. The molecule has 8 nitrogen and oxygen atoms in total. The lowest BCUT2D eigenvalue weighted by molar-refractivity contribution is -0.890. The molecule has 0 aromatic rings. The van der Waals surface area contributed by atoms with E-state index in [1.54, 1.807) is 0 Å². The van der Waals surface area contributed by atoms with Gasteiger partial charge in [0.1, 0.15) is 0 Å². The highest BCUT2D eigenvalue weighted by Crippen LogP contribution is 2.13. The van der Waals surface area contributed by atoms with Gasteiger partial charge in [-0.05, 0) is 25.7 Å². The first kappa shape index (κ1) is 37.8. The fourth-order valence-corrected chi connectivity index (χ4v) is 3.46. The Balaban J connectivity index is -0.000000372. The highest BCUT2D eigenvalue weighted by atomic mass is 16.6. The van der Waals surface area contributed by atoms with Gasteiger partial charge < -0.3 is 35.9 Å². The smallest absolute Gasteiger partial charge is 0.503 e. The van der Waals surface area contributed by atoms with Crippen molar-refractivity contribution >= 4 is 12.3 Å². The molecule has 0 bridgehead atoms. The van der Waals surface area contributed by atoms with E-state index >= 15 is 0 Å². The van der Waals surface area contributed by atoms with E-state index < -0.39 is 12.3 Å². The summed E-state index contributed by atoms with van der Waals surface area (Å²) in [7, 11) is 4.87. The predicted molar refractivity (Wildman–Crippen MR) is 131 cm³/mol. The van der Waals surface area contributed by atoms with Crippen molar-refractivity contribution < 1.29 is 34.5 Å². The molecule has 0 fully saturated rings. The van der Waals surface area contributed by atoms with Crippen LogP contribution in [0, 0.1) is 0 Å². The minimum absolute atomic E-state index is 0. The van der Waals surface area contributed by atoms with Crippen molar-refractivity contribution in [1.29, 1.82) is 0 Å². The van der Waals surface area contributed by atoms with Crippen LogP contribution in [0.15, 0.2) is 0 Å². The minimum atomic E-state index is -2.08. The molecule has 0 saturated heterocycles. The van der Waals surface area contributed by atoms with Crippen LogP contribution >= 0.6 is 0 Å². The largest absolute Gasteiger partial charge is 0.565 e. The molecule has 0 saturated carbocycles. The van der Waals surface area contributed by atoms with Gasteiger partial charge in [-0.3, -0.25) is 0 Å². The maximum atomic E-state index is 8.56. The molecule has 32 heavy (non-hydrogen) atoms. The summed E-state index contributed by atoms with van der Waals surface area (Å²) >= 11 is 0. The van der Waals surface area contributed by atoms with Crippen molar-refractivity contribution in [2.24, 2.45) is 0 Å². The Labute approximate surface area is 197 Å². The summed E-state index contributed by atoms with van der Waals surface area (Å²) in [6.45, 7) is 7.36. The van der Waals surface area contributed by atoms with Gasteiger partial charge in [-0.2, -0.15) is 0 Å². The summed E-state index contributed by atoms with van der Waals surface area (Å²) in [5.74, 6) is 0. The predicted octanol–water partition coefficient (Wildman–Crippen LogP) is 6.62. The lowest BCUT2D eigenvalue weighted by atomic mass is 10.1. The summed E-state index contributed by atoms with van der Waals surface area (Å²) in [6, 6.07) is 0. The molecule has 8 heteroatoms. The van der Waals surface area contributed by atoms with E-state index in [2.05, 4.69) is 27.9 Å². The van der Waals surface area contributed by atoms with Crippen LogP contribution < -0.4 is 11.3 Å². The van der Waals surface area contributed by atoms with Gasteiger partial charge in [0.2, 0.25) is 6.16 Å². The maximum absolute atomic E-state index is 8.56. The van der Waals surface area contributed by atoms with Gasteiger partial charge in [-0.25, -0.2) is 4.79 Å². The maximum Gasteiger partial charge on any atom is 0.503 e. The van der Waals surface area contributed by atoms with E-state index in [0.717, 1.165) is 0 Å². The molecule has 196 valence electrons. The monoisotopic (exact) mass is 466 g/mol. The summed E-state index contributed by atoms with van der Waals surface area (Å²) in [5.41, 5.74) is 0. The third-order valence-corrected chi connectivity index (χ3v) is 5.23. The lowest BCUT2D eigenvalue weighted by Gasteiger charge is -2.30. The fourth-order valence-electron chi connectivity index (χ4n) is 3.46. The van der Waals surface area contributed by atoms with Crippen LogP contribution in [0.5, 0.6) is 0 Å². The highest BCUT2D eigenvalue weighted by Gasteiger charge is 2.13. The Hall–Kier alpha value is -1.54. The summed E-state index contributed by atoms with van der Waals surface area (Å²) in [5, 5.41) is 29.2. The summed E-state index contributed by atoms with van der Waals surface area (Å²) < 4.78 is 1.24. The van der Waals surface area contributed by atoms with Crippen molar-refractivity contribution in [1.82, 2.24) is 6.15 Å². The standard InChI is InChI=1S/C22H48N.2CH2O3.H3N/c1-5-7-9-11-13-15-17-19-21-23(3,4)22-20-18-16-14-12-10-8-6-2;2*2-1(3)4;/h5-22H2,1-4H3;2*(H2,2,3,4);1H3/q+1;;;/p-1. The molecule has 0 rings (SSSR count). The second-order valence-electron chi connectivity index (χ2n) is 8.88. The van der Waals surface area contributed by atoms with Gasteiger partial charge in [0.05, 0.1) is 27.2 Å². The van der Waals surface area contributed by atoms with Gasteiger partial charge in [0.15, 0.2) is 0 Å². The topological polar surface area (TPSA) is 153 Å². The second-order valence-corrected chi connectivity index (χ2v) is 8.88. The number of rotatable bonds is 18. The van der Waals surface area contributed by atoms with Crippen LogP contribution in [0.25, 0.3) is 0 Å². The average molecular weight is 467 g/mol. The molecule has 0 unspecified atom stereocenters. The first-order valence-corrected chi connectivity index (χ1v) is 12.2. The number of hydrogen-bond acceptors (Lipinski definition) is 4. The van der Waals surface area contributed by atoms with Crippen LogP contribution in [0.4, 0.5) is 9.59 Å². The van der Waals surface area contributed by atoms with Gasteiger partial charge >= 0.3 is 6.16 Å². The normalized spacial score (nSPS) is 10.1. The van der Waals surface area contributed by atoms with Gasteiger partial charge in [-0.1, -0.05) is 90.9 Å². The Morgan fingerprint density at radius 1 is 0.594 bits per heavy atom. The summed E-state index contributed by atoms with van der Waals surface area (Å²) in [6.07, 6.45) is 19.1. The van der Waals surface area contributed by atoms with Crippen LogP contribution in [0.3, 0.4) is 0 Å². The number of hydrogen-bond donors (Lipinski definition) is 4. The summed E-state index contributed by atoms with van der Waals surface area (Å²) in [4.78, 5) is 17.0.